The maximum Gasteiger partial charge on any atom is 0.121 e. The van der Waals surface area contributed by atoms with E-state index in [0.29, 0.717) is 18.4 Å². The van der Waals surface area contributed by atoms with Gasteiger partial charge in [0, 0.05) is 12.3 Å². The van der Waals surface area contributed by atoms with E-state index >= 15 is 0 Å². The van der Waals surface area contributed by atoms with Gasteiger partial charge in [-0.25, -0.2) is 0 Å². The van der Waals surface area contributed by atoms with E-state index in [1.165, 1.54) is 24.1 Å². The molecule has 2 heteroatoms. The van der Waals surface area contributed by atoms with Crippen molar-refractivity contribution >= 4 is 5.71 Å². The molecule has 0 unspecified atom stereocenters. The average Bonchev–Trinajstić information content (AvgIpc) is 2.44. The molecule has 0 aliphatic heterocycles. The normalized spacial score (nSPS) is 25.1. The lowest BCUT2D eigenvalue weighted by Gasteiger charge is -2.30. The summed E-state index contributed by atoms with van der Waals surface area (Å²) in [7, 11) is 0. The van der Waals surface area contributed by atoms with Crippen LogP contribution >= 0.6 is 0 Å². The Morgan fingerprint density at radius 1 is 1.20 bits per heavy atom. The highest BCUT2D eigenvalue weighted by molar-refractivity contribution is 5.87. The highest BCUT2D eigenvalue weighted by Crippen LogP contribution is 2.31. The van der Waals surface area contributed by atoms with Gasteiger partial charge in [0.25, 0.3) is 0 Å². The van der Waals surface area contributed by atoms with Crippen LogP contribution in [0.2, 0.25) is 0 Å². The van der Waals surface area contributed by atoms with E-state index in [0.717, 1.165) is 18.8 Å². The Balaban J connectivity index is 1.85. The van der Waals surface area contributed by atoms with Gasteiger partial charge in [0.05, 0.1) is 5.71 Å². The number of oxime groups is 1. The van der Waals surface area contributed by atoms with Crippen LogP contribution in [0.4, 0.5) is 0 Å². The van der Waals surface area contributed by atoms with Crippen molar-refractivity contribution in [3.63, 3.8) is 0 Å². The number of nitrogens with zero attached hydrogens (tertiary/aromatic N) is 1. The third-order valence-electron chi connectivity index (χ3n) is 4.27. The highest BCUT2D eigenvalue weighted by atomic mass is 16.6. The fourth-order valence-electron chi connectivity index (χ4n) is 3.00. The van der Waals surface area contributed by atoms with Gasteiger partial charge in [-0.05, 0) is 36.7 Å². The van der Waals surface area contributed by atoms with E-state index in [4.69, 9.17) is 4.84 Å². The van der Waals surface area contributed by atoms with Gasteiger partial charge in [0.2, 0.25) is 0 Å². The lowest BCUT2D eigenvalue weighted by atomic mass is 9.76. The van der Waals surface area contributed by atoms with Crippen molar-refractivity contribution in [3.8, 4) is 0 Å². The van der Waals surface area contributed by atoms with Crippen LogP contribution in [0, 0.1) is 17.8 Å². The fourth-order valence-corrected chi connectivity index (χ4v) is 3.00. The molecule has 1 saturated carbocycles. The fraction of sp³-hybridized carbons (Fsp3) is 0.611. The molecular formula is C18H27NO. The van der Waals surface area contributed by atoms with Crippen LogP contribution in [0.15, 0.2) is 35.5 Å². The highest BCUT2D eigenvalue weighted by Gasteiger charge is 2.27. The quantitative estimate of drug-likeness (QED) is 0.563. The van der Waals surface area contributed by atoms with Gasteiger partial charge in [-0.15, -0.1) is 0 Å². The zero-order chi connectivity index (χ0) is 14.4. The Morgan fingerprint density at radius 3 is 2.65 bits per heavy atom. The van der Waals surface area contributed by atoms with Crippen molar-refractivity contribution in [2.75, 3.05) is 6.61 Å². The standard InChI is InChI=1S/C18H27NO/c1-14(2)17-10-9-15(3)13-18(17)19-20-12-11-16-7-5-4-6-8-16/h4-8,14-15,17H,9-13H2,1-3H3/b19-18+/t15-,17+/m1/s1. The number of rotatable bonds is 5. The molecule has 1 aromatic carbocycles. The minimum absolute atomic E-state index is 0.614. The van der Waals surface area contributed by atoms with E-state index in [1.54, 1.807) is 0 Å². The van der Waals surface area contributed by atoms with Crippen LogP contribution in [-0.4, -0.2) is 12.3 Å². The van der Waals surface area contributed by atoms with E-state index in [1.807, 2.05) is 6.07 Å². The third kappa shape index (κ3) is 4.36. The lowest BCUT2D eigenvalue weighted by Crippen LogP contribution is -2.28. The Morgan fingerprint density at radius 2 is 1.95 bits per heavy atom. The number of hydrogen-bond donors (Lipinski definition) is 0. The molecule has 0 radical (unpaired) electrons. The van der Waals surface area contributed by atoms with Crippen molar-refractivity contribution in [1.29, 1.82) is 0 Å². The Hall–Kier alpha value is -1.31. The van der Waals surface area contributed by atoms with Gasteiger partial charge in [-0.3, -0.25) is 0 Å². The van der Waals surface area contributed by atoms with Crippen molar-refractivity contribution in [2.24, 2.45) is 22.9 Å². The monoisotopic (exact) mass is 273 g/mol. The van der Waals surface area contributed by atoms with Gasteiger partial charge < -0.3 is 4.84 Å². The summed E-state index contributed by atoms with van der Waals surface area (Å²) in [6.07, 6.45) is 4.62. The molecule has 1 aliphatic rings. The average molecular weight is 273 g/mol. The summed E-state index contributed by atoms with van der Waals surface area (Å²) in [5.74, 6) is 2.03. The van der Waals surface area contributed by atoms with E-state index in [2.05, 4.69) is 50.2 Å². The summed E-state index contributed by atoms with van der Waals surface area (Å²) in [5.41, 5.74) is 2.59. The van der Waals surface area contributed by atoms with Crippen LogP contribution < -0.4 is 0 Å². The molecule has 0 heterocycles. The SMILES string of the molecule is CC(C)[C@@H]1CC[C@@H](C)C/C1=N\OCCc1ccccc1. The maximum atomic E-state index is 5.59. The first-order valence-electron chi connectivity index (χ1n) is 7.89. The van der Waals surface area contributed by atoms with Gasteiger partial charge in [0.1, 0.15) is 6.61 Å². The second kappa shape index (κ2) is 7.47. The molecule has 20 heavy (non-hydrogen) atoms. The number of hydrogen-bond acceptors (Lipinski definition) is 2. The molecule has 1 fully saturated rings. The Kier molecular flexibility index (Phi) is 5.63. The van der Waals surface area contributed by atoms with Gasteiger partial charge in [-0.1, -0.05) is 56.3 Å². The number of benzene rings is 1. The summed E-state index contributed by atoms with van der Waals surface area (Å²) in [5, 5.41) is 4.47. The minimum atomic E-state index is 0.614. The maximum absolute atomic E-state index is 5.59. The summed E-state index contributed by atoms with van der Waals surface area (Å²) in [6, 6.07) is 10.4. The molecule has 2 rings (SSSR count). The van der Waals surface area contributed by atoms with Crippen LogP contribution in [0.5, 0.6) is 0 Å². The molecule has 1 aliphatic carbocycles. The van der Waals surface area contributed by atoms with Crippen molar-refractivity contribution in [1.82, 2.24) is 0 Å². The molecule has 110 valence electrons. The summed E-state index contributed by atoms with van der Waals surface area (Å²) < 4.78 is 0. The molecule has 0 saturated heterocycles. The van der Waals surface area contributed by atoms with Crippen LogP contribution in [0.3, 0.4) is 0 Å². The van der Waals surface area contributed by atoms with E-state index in [9.17, 15) is 0 Å². The van der Waals surface area contributed by atoms with Crippen molar-refractivity contribution in [3.05, 3.63) is 35.9 Å². The first kappa shape index (κ1) is 15.1. The second-order valence-corrected chi connectivity index (χ2v) is 6.39. The van der Waals surface area contributed by atoms with Crippen molar-refractivity contribution < 1.29 is 4.84 Å². The molecule has 2 nitrogen and oxygen atoms in total. The van der Waals surface area contributed by atoms with Crippen LogP contribution in [0.25, 0.3) is 0 Å². The third-order valence-corrected chi connectivity index (χ3v) is 4.27. The molecule has 0 spiro atoms. The largest absolute Gasteiger partial charge is 0.395 e. The first-order valence-corrected chi connectivity index (χ1v) is 7.89. The smallest absolute Gasteiger partial charge is 0.121 e. The zero-order valence-electron chi connectivity index (χ0n) is 13.0. The van der Waals surface area contributed by atoms with Crippen LogP contribution in [-0.2, 0) is 11.3 Å². The minimum Gasteiger partial charge on any atom is -0.395 e. The topological polar surface area (TPSA) is 21.6 Å². The Labute approximate surface area is 123 Å². The predicted molar refractivity (Wildman–Crippen MR) is 84.9 cm³/mol. The Bertz CT molecular complexity index is 424. The molecule has 0 aromatic heterocycles. The van der Waals surface area contributed by atoms with Gasteiger partial charge in [-0.2, -0.15) is 0 Å². The lowest BCUT2D eigenvalue weighted by molar-refractivity contribution is 0.142. The molecule has 2 atom stereocenters. The summed E-state index contributed by atoms with van der Waals surface area (Å²) >= 11 is 0. The molecule has 0 bridgehead atoms. The van der Waals surface area contributed by atoms with Gasteiger partial charge >= 0.3 is 0 Å². The van der Waals surface area contributed by atoms with Gasteiger partial charge in [0.15, 0.2) is 0 Å². The van der Waals surface area contributed by atoms with Crippen LogP contribution in [0.1, 0.15) is 45.6 Å². The predicted octanol–water partition coefficient (Wildman–Crippen LogP) is 4.69. The molecule has 0 N–H and O–H groups in total. The van der Waals surface area contributed by atoms with E-state index < -0.39 is 0 Å². The summed E-state index contributed by atoms with van der Waals surface area (Å²) in [4.78, 5) is 5.59. The van der Waals surface area contributed by atoms with Crippen molar-refractivity contribution in [2.45, 2.75) is 46.5 Å². The molecule has 1 aromatic rings. The second-order valence-electron chi connectivity index (χ2n) is 6.39. The van der Waals surface area contributed by atoms with E-state index in [-0.39, 0.29) is 0 Å². The first-order chi connectivity index (χ1) is 9.66. The molecule has 0 amide bonds. The molecular weight excluding hydrogens is 246 g/mol. The zero-order valence-corrected chi connectivity index (χ0v) is 13.0. The summed E-state index contributed by atoms with van der Waals surface area (Å²) in [6.45, 7) is 7.57.